The highest BCUT2D eigenvalue weighted by Gasteiger charge is 2.49. The molecule has 0 aliphatic carbocycles. The number of aromatic nitrogens is 2. The number of likely N-dealkylation sites (tertiary alicyclic amines) is 1. The van der Waals surface area contributed by atoms with E-state index in [1.165, 1.54) is 0 Å². The van der Waals surface area contributed by atoms with Gasteiger partial charge in [-0.15, -0.1) is 0 Å². The first-order valence-electron chi connectivity index (χ1n) is 9.63. The van der Waals surface area contributed by atoms with Gasteiger partial charge in [-0.1, -0.05) is 12.1 Å². The van der Waals surface area contributed by atoms with Gasteiger partial charge in [-0.3, -0.25) is 4.98 Å². The van der Waals surface area contributed by atoms with E-state index in [4.69, 9.17) is 4.74 Å². The Labute approximate surface area is 165 Å². The van der Waals surface area contributed by atoms with Crippen molar-refractivity contribution in [2.24, 2.45) is 11.8 Å². The van der Waals surface area contributed by atoms with Crippen molar-refractivity contribution in [2.75, 3.05) is 45.7 Å². The number of benzene rings is 1. The summed E-state index contributed by atoms with van der Waals surface area (Å²) in [5, 5.41) is 0. The summed E-state index contributed by atoms with van der Waals surface area (Å²) in [6.07, 6.45) is 3.61. The molecule has 2 aromatic rings. The van der Waals surface area contributed by atoms with Crippen molar-refractivity contribution >= 4 is 11.8 Å². The molecule has 7 nitrogen and oxygen atoms in total. The third-order valence-electron chi connectivity index (χ3n) is 5.82. The predicted octanol–water partition coefficient (Wildman–Crippen LogP) is 2.58. The number of fused-ring (bicyclic) bond motifs is 1. The number of carbonyl (C=O) groups excluding carboxylic acids is 1. The number of aryl methyl sites for hydroxylation is 1. The maximum absolute atomic E-state index is 12.9. The number of methoxy groups -OCH3 is 1. The highest BCUT2D eigenvalue weighted by Crippen LogP contribution is 2.46. The predicted molar refractivity (Wildman–Crippen MR) is 107 cm³/mol. The Morgan fingerprint density at radius 3 is 2.54 bits per heavy atom. The van der Waals surface area contributed by atoms with Gasteiger partial charge in [0.25, 0.3) is 0 Å². The summed E-state index contributed by atoms with van der Waals surface area (Å²) in [5.74, 6) is 2.53. The fourth-order valence-electron chi connectivity index (χ4n) is 4.52. The van der Waals surface area contributed by atoms with Gasteiger partial charge >= 0.3 is 6.03 Å². The summed E-state index contributed by atoms with van der Waals surface area (Å²) >= 11 is 0. The van der Waals surface area contributed by atoms with Gasteiger partial charge in [0, 0.05) is 51.8 Å². The zero-order valence-electron chi connectivity index (χ0n) is 16.9. The number of hydrogen-bond acceptors (Lipinski definition) is 5. The summed E-state index contributed by atoms with van der Waals surface area (Å²) in [4.78, 5) is 27.8. The van der Waals surface area contributed by atoms with Gasteiger partial charge in [0.1, 0.15) is 11.6 Å². The van der Waals surface area contributed by atoms with Crippen molar-refractivity contribution in [3.8, 4) is 5.75 Å². The minimum Gasteiger partial charge on any atom is -0.497 e. The average Bonchev–Trinajstić information content (AvgIpc) is 3.25. The maximum Gasteiger partial charge on any atom is 0.320 e. The second-order valence-corrected chi connectivity index (χ2v) is 7.89. The number of anilines is 1. The molecule has 3 atom stereocenters. The fraction of sp³-hybridized carbons (Fsp3) is 0.476. The van der Waals surface area contributed by atoms with Crippen LogP contribution in [0, 0.1) is 18.8 Å². The van der Waals surface area contributed by atoms with Gasteiger partial charge < -0.3 is 19.4 Å². The summed E-state index contributed by atoms with van der Waals surface area (Å²) in [6.45, 7) is 4.49. The van der Waals surface area contributed by atoms with Crippen LogP contribution < -0.4 is 9.64 Å². The van der Waals surface area contributed by atoms with Crippen molar-refractivity contribution < 1.29 is 9.53 Å². The van der Waals surface area contributed by atoms with Crippen LogP contribution in [0.2, 0.25) is 0 Å². The van der Waals surface area contributed by atoms with Crippen LogP contribution in [0.5, 0.6) is 5.75 Å². The van der Waals surface area contributed by atoms with E-state index < -0.39 is 0 Å². The lowest BCUT2D eigenvalue weighted by Gasteiger charge is -2.32. The van der Waals surface area contributed by atoms with Crippen molar-refractivity contribution in [1.29, 1.82) is 0 Å². The second kappa shape index (κ2) is 7.30. The molecule has 0 unspecified atom stereocenters. The number of ether oxygens (including phenoxy) is 1. The summed E-state index contributed by atoms with van der Waals surface area (Å²) in [6, 6.07) is 8.22. The highest BCUT2D eigenvalue weighted by atomic mass is 16.5. The normalized spacial score (nSPS) is 23.6. The first kappa shape index (κ1) is 18.5. The zero-order valence-corrected chi connectivity index (χ0v) is 16.9. The Morgan fingerprint density at radius 2 is 1.89 bits per heavy atom. The molecule has 7 heteroatoms. The largest absolute Gasteiger partial charge is 0.497 e. The molecule has 2 fully saturated rings. The molecule has 0 bridgehead atoms. The molecule has 0 spiro atoms. The molecule has 1 aromatic heterocycles. The average molecular weight is 381 g/mol. The van der Waals surface area contributed by atoms with Crippen LogP contribution in [-0.2, 0) is 0 Å². The Balaban J connectivity index is 1.63. The Kier molecular flexibility index (Phi) is 4.83. The molecule has 0 radical (unpaired) electrons. The van der Waals surface area contributed by atoms with E-state index in [0.29, 0.717) is 11.8 Å². The Morgan fingerprint density at radius 1 is 1.14 bits per heavy atom. The van der Waals surface area contributed by atoms with Crippen molar-refractivity contribution in [2.45, 2.75) is 13.0 Å². The standard InChI is InChI=1S/C21H27N5O2/c1-14-9-22-10-19(23-14)25-11-16-12-26(21(27)24(2)3)20(18(16)13-25)15-5-7-17(28-4)8-6-15/h5-10,16,18,20H,11-13H2,1-4H3/t16-,18-,20+/m1/s1. The quantitative estimate of drug-likeness (QED) is 0.818. The first-order valence-corrected chi connectivity index (χ1v) is 9.63. The van der Waals surface area contributed by atoms with Gasteiger partial charge in [0.05, 0.1) is 25.0 Å². The van der Waals surface area contributed by atoms with E-state index in [-0.39, 0.29) is 12.1 Å². The van der Waals surface area contributed by atoms with Gasteiger partial charge in [0.2, 0.25) is 0 Å². The van der Waals surface area contributed by atoms with E-state index in [0.717, 1.165) is 42.5 Å². The third kappa shape index (κ3) is 3.25. The van der Waals surface area contributed by atoms with Crippen LogP contribution >= 0.6 is 0 Å². The maximum atomic E-state index is 12.9. The SMILES string of the molecule is COc1ccc([C@H]2[C@@H]3CN(c4cncc(C)n4)C[C@@H]3CN2C(=O)N(C)C)cc1. The van der Waals surface area contributed by atoms with Crippen LogP contribution in [0.1, 0.15) is 17.3 Å². The number of nitrogens with zero attached hydrogens (tertiary/aromatic N) is 5. The van der Waals surface area contributed by atoms with Crippen molar-refractivity contribution in [3.05, 3.63) is 47.9 Å². The molecule has 0 saturated carbocycles. The van der Waals surface area contributed by atoms with Gasteiger partial charge in [-0.05, 0) is 24.6 Å². The van der Waals surface area contributed by atoms with E-state index in [1.54, 1.807) is 18.2 Å². The molecule has 28 heavy (non-hydrogen) atoms. The molecule has 2 aliphatic heterocycles. The van der Waals surface area contributed by atoms with E-state index in [1.807, 2.05) is 44.2 Å². The Bertz CT molecular complexity index is 854. The van der Waals surface area contributed by atoms with Crippen LogP contribution in [0.3, 0.4) is 0 Å². The summed E-state index contributed by atoms with van der Waals surface area (Å²) < 4.78 is 5.30. The van der Waals surface area contributed by atoms with Crippen molar-refractivity contribution in [3.63, 3.8) is 0 Å². The molecule has 2 amide bonds. The van der Waals surface area contributed by atoms with Gasteiger partial charge in [-0.2, -0.15) is 0 Å². The Hall–Kier alpha value is -2.83. The van der Waals surface area contributed by atoms with Crippen LogP contribution in [0.25, 0.3) is 0 Å². The van der Waals surface area contributed by atoms with Crippen LogP contribution in [-0.4, -0.2) is 66.6 Å². The molecule has 1 aromatic carbocycles. The zero-order chi connectivity index (χ0) is 19.8. The van der Waals surface area contributed by atoms with Gasteiger partial charge in [-0.25, -0.2) is 9.78 Å². The van der Waals surface area contributed by atoms with Crippen LogP contribution in [0.4, 0.5) is 10.6 Å². The topological polar surface area (TPSA) is 61.8 Å². The van der Waals surface area contributed by atoms with E-state index >= 15 is 0 Å². The number of carbonyl (C=O) groups is 1. The molecular formula is C21H27N5O2. The smallest absolute Gasteiger partial charge is 0.320 e. The van der Waals surface area contributed by atoms with Gasteiger partial charge in [0.15, 0.2) is 0 Å². The molecule has 4 rings (SSSR count). The minimum atomic E-state index is 0.0496. The molecule has 148 valence electrons. The lowest BCUT2D eigenvalue weighted by molar-refractivity contribution is 0.159. The monoisotopic (exact) mass is 381 g/mol. The second-order valence-electron chi connectivity index (χ2n) is 7.89. The first-order chi connectivity index (χ1) is 13.5. The molecule has 2 saturated heterocycles. The fourth-order valence-corrected chi connectivity index (χ4v) is 4.52. The minimum absolute atomic E-state index is 0.0496. The van der Waals surface area contributed by atoms with E-state index in [2.05, 4.69) is 27.0 Å². The molecule has 2 aliphatic rings. The third-order valence-corrected chi connectivity index (χ3v) is 5.82. The van der Waals surface area contributed by atoms with Crippen LogP contribution in [0.15, 0.2) is 36.7 Å². The van der Waals surface area contributed by atoms with E-state index in [9.17, 15) is 4.79 Å². The molecule has 0 N–H and O–H groups in total. The number of hydrogen-bond donors (Lipinski definition) is 0. The number of urea groups is 1. The molecule has 3 heterocycles. The highest BCUT2D eigenvalue weighted by molar-refractivity contribution is 5.75. The summed E-state index contributed by atoms with van der Waals surface area (Å²) in [7, 11) is 5.30. The summed E-state index contributed by atoms with van der Waals surface area (Å²) in [5.41, 5.74) is 2.08. The lowest BCUT2D eigenvalue weighted by Crippen LogP contribution is -2.41. The number of amides is 2. The lowest BCUT2D eigenvalue weighted by atomic mass is 9.89. The number of rotatable bonds is 3. The molecular weight excluding hydrogens is 354 g/mol. The van der Waals surface area contributed by atoms with Crippen molar-refractivity contribution in [1.82, 2.24) is 19.8 Å².